The molecule has 0 unspecified atom stereocenters. The molecule has 4 rings (SSSR count). The molecule has 0 saturated carbocycles. The van der Waals surface area contributed by atoms with Crippen LogP contribution in [0, 0.1) is 5.82 Å². The number of nitrogens with zero attached hydrogens (tertiary/aromatic N) is 2. The SMILES string of the molecule is CSc1ccc(-c2ccc(N3C[C@H](CCOc4ccon4)OC3=O)cc2F)cc1. The molecule has 0 radical (unpaired) electrons. The lowest BCUT2D eigenvalue weighted by Crippen LogP contribution is -2.25. The van der Waals surface area contributed by atoms with Gasteiger partial charge in [-0.25, -0.2) is 9.18 Å². The molecule has 150 valence electrons. The largest absolute Gasteiger partial charge is 0.475 e. The van der Waals surface area contributed by atoms with Gasteiger partial charge in [-0.2, -0.15) is 0 Å². The Morgan fingerprint density at radius 1 is 1.24 bits per heavy atom. The van der Waals surface area contributed by atoms with Gasteiger partial charge in [0.25, 0.3) is 5.88 Å². The molecule has 1 atom stereocenters. The molecule has 8 heteroatoms. The topological polar surface area (TPSA) is 64.8 Å². The number of cyclic esters (lactones) is 1. The van der Waals surface area contributed by atoms with Crippen LogP contribution in [0.3, 0.4) is 0 Å². The number of hydrogen-bond donors (Lipinski definition) is 0. The molecule has 2 heterocycles. The number of anilines is 1. The van der Waals surface area contributed by atoms with Crippen molar-refractivity contribution in [2.45, 2.75) is 17.4 Å². The second-order valence-corrected chi connectivity index (χ2v) is 7.36. The van der Waals surface area contributed by atoms with Crippen molar-refractivity contribution in [3.63, 3.8) is 0 Å². The molecule has 0 bridgehead atoms. The Morgan fingerprint density at radius 3 is 2.76 bits per heavy atom. The molecule has 0 spiro atoms. The van der Waals surface area contributed by atoms with Gasteiger partial charge >= 0.3 is 6.09 Å². The highest BCUT2D eigenvalue weighted by Gasteiger charge is 2.32. The van der Waals surface area contributed by atoms with Crippen LogP contribution in [0.25, 0.3) is 11.1 Å². The molecule has 2 aromatic carbocycles. The number of carbonyl (C=O) groups excluding carboxylic acids is 1. The highest BCUT2D eigenvalue weighted by Crippen LogP contribution is 2.30. The zero-order valence-corrected chi connectivity index (χ0v) is 16.5. The highest BCUT2D eigenvalue weighted by atomic mass is 32.2. The number of aromatic nitrogens is 1. The zero-order chi connectivity index (χ0) is 20.2. The van der Waals surface area contributed by atoms with Gasteiger partial charge in [-0.05, 0) is 47.3 Å². The predicted molar refractivity (Wildman–Crippen MR) is 108 cm³/mol. The Hall–Kier alpha value is -3.00. The van der Waals surface area contributed by atoms with E-state index in [4.69, 9.17) is 9.47 Å². The van der Waals surface area contributed by atoms with E-state index in [1.807, 2.05) is 30.5 Å². The maximum absolute atomic E-state index is 14.7. The van der Waals surface area contributed by atoms with E-state index >= 15 is 0 Å². The molecular formula is C21H19FN2O4S. The molecule has 1 aliphatic rings. The van der Waals surface area contributed by atoms with Crippen molar-refractivity contribution in [2.24, 2.45) is 0 Å². The highest BCUT2D eigenvalue weighted by molar-refractivity contribution is 7.98. The lowest BCUT2D eigenvalue weighted by molar-refractivity contribution is 0.123. The summed E-state index contributed by atoms with van der Waals surface area (Å²) in [4.78, 5) is 14.8. The Kier molecular flexibility index (Phi) is 5.71. The van der Waals surface area contributed by atoms with Crippen molar-refractivity contribution in [3.05, 3.63) is 60.6 Å². The number of carbonyl (C=O) groups is 1. The van der Waals surface area contributed by atoms with Gasteiger partial charge in [0.05, 0.1) is 18.8 Å². The van der Waals surface area contributed by atoms with Crippen LogP contribution in [0.5, 0.6) is 5.88 Å². The van der Waals surface area contributed by atoms with Crippen molar-refractivity contribution >= 4 is 23.5 Å². The minimum absolute atomic E-state index is 0.331. The quantitative estimate of drug-likeness (QED) is 0.507. The van der Waals surface area contributed by atoms with E-state index in [0.717, 1.165) is 10.5 Å². The van der Waals surface area contributed by atoms with E-state index in [1.165, 1.54) is 17.2 Å². The van der Waals surface area contributed by atoms with Gasteiger partial charge in [-0.15, -0.1) is 11.8 Å². The molecule has 1 aliphatic heterocycles. The van der Waals surface area contributed by atoms with Crippen LogP contribution < -0.4 is 9.64 Å². The second kappa shape index (κ2) is 8.57. The summed E-state index contributed by atoms with van der Waals surface area (Å²) in [6.45, 7) is 0.667. The maximum atomic E-state index is 14.7. The molecule has 1 fully saturated rings. The Bertz CT molecular complexity index is 979. The van der Waals surface area contributed by atoms with E-state index in [-0.39, 0.29) is 11.9 Å². The normalized spacial score (nSPS) is 16.1. The van der Waals surface area contributed by atoms with E-state index in [9.17, 15) is 9.18 Å². The van der Waals surface area contributed by atoms with Crippen LogP contribution in [0.4, 0.5) is 14.9 Å². The molecular weight excluding hydrogens is 395 g/mol. The summed E-state index contributed by atoms with van der Waals surface area (Å²) in [5.74, 6) is -0.000537. The van der Waals surface area contributed by atoms with Crippen LogP contribution in [0.1, 0.15) is 6.42 Å². The fourth-order valence-electron chi connectivity index (χ4n) is 3.13. The number of rotatable bonds is 7. The molecule has 0 N–H and O–H groups in total. The smallest absolute Gasteiger partial charge is 0.414 e. The van der Waals surface area contributed by atoms with Crippen LogP contribution >= 0.6 is 11.8 Å². The van der Waals surface area contributed by atoms with Gasteiger partial charge in [0.15, 0.2) is 0 Å². The Morgan fingerprint density at radius 2 is 2.07 bits per heavy atom. The molecule has 0 aliphatic carbocycles. The van der Waals surface area contributed by atoms with Gasteiger partial charge in [-0.1, -0.05) is 12.1 Å². The molecule has 29 heavy (non-hydrogen) atoms. The number of halogens is 1. The number of thioether (sulfide) groups is 1. The summed E-state index contributed by atoms with van der Waals surface area (Å²) in [7, 11) is 0. The minimum Gasteiger partial charge on any atom is -0.475 e. The lowest BCUT2D eigenvalue weighted by Gasteiger charge is -2.14. The number of hydrogen-bond acceptors (Lipinski definition) is 6. The first-order valence-electron chi connectivity index (χ1n) is 9.09. The van der Waals surface area contributed by atoms with E-state index in [0.29, 0.717) is 36.7 Å². The molecule has 3 aromatic rings. The van der Waals surface area contributed by atoms with Crippen molar-refractivity contribution < 1.29 is 23.2 Å². The number of benzene rings is 2. The average molecular weight is 414 g/mol. The minimum atomic E-state index is -0.493. The maximum Gasteiger partial charge on any atom is 0.414 e. The lowest BCUT2D eigenvalue weighted by atomic mass is 10.0. The number of ether oxygens (including phenoxy) is 2. The van der Waals surface area contributed by atoms with Crippen molar-refractivity contribution in [3.8, 4) is 17.0 Å². The molecule has 1 aromatic heterocycles. The van der Waals surface area contributed by atoms with Crippen molar-refractivity contribution in [2.75, 3.05) is 24.3 Å². The summed E-state index contributed by atoms with van der Waals surface area (Å²) in [5, 5.41) is 3.65. The van der Waals surface area contributed by atoms with Crippen molar-refractivity contribution in [1.82, 2.24) is 5.16 Å². The van der Waals surface area contributed by atoms with Crippen molar-refractivity contribution in [1.29, 1.82) is 0 Å². The first-order chi connectivity index (χ1) is 14.1. The molecule has 1 saturated heterocycles. The van der Waals surface area contributed by atoms with Crippen LogP contribution in [-0.2, 0) is 4.74 Å². The molecule has 1 amide bonds. The Labute approximate surface area is 171 Å². The first kappa shape index (κ1) is 19.3. The van der Waals surface area contributed by atoms with Gasteiger partial charge in [0, 0.05) is 22.9 Å². The fourth-order valence-corrected chi connectivity index (χ4v) is 3.54. The third-order valence-electron chi connectivity index (χ3n) is 4.64. The van der Waals surface area contributed by atoms with Gasteiger partial charge in [0.2, 0.25) is 0 Å². The average Bonchev–Trinajstić information content (AvgIpc) is 3.38. The van der Waals surface area contributed by atoms with Gasteiger partial charge in [0.1, 0.15) is 18.2 Å². The predicted octanol–water partition coefficient (Wildman–Crippen LogP) is 5.00. The van der Waals surface area contributed by atoms with Crippen LogP contribution in [-0.4, -0.2) is 36.8 Å². The van der Waals surface area contributed by atoms with E-state index < -0.39 is 6.09 Å². The van der Waals surface area contributed by atoms with Crippen LogP contribution in [0.15, 0.2) is 64.2 Å². The summed E-state index contributed by atoms with van der Waals surface area (Å²) in [6.07, 6.45) is 3.08. The monoisotopic (exact) mass is 414 g/mol. The van der Waals surface area contributed by atoms with E-state index in [2.05, 4.69) is 9.68 Å². The fraction of sp³-hybridized carbons (Fsp3) is 0.238. The summed E-state index contributed by atoms with van der Waals surface area (Å²) < 4.78 is 30.2. The van der Waals surface area contributed by atoms with E-state index in [1.54, 1.807) is 30.0 Å². The summed E-state index contributed by atoms with van der Waals surface area (Å²) in [6, 6.07) is 14.1. The zero-order valence-electron chi connectivity index (χ0n) is 15.7. The molecule has 6 nitrogen and oxygen atoms in total. The van der Waals surface area contributed by atoms with Gasteiger partial charge in [-0.3, -0.25) is 4.90 Å². The number of amides is 1. The first-order valence-corrected chi connectivity index (χ1v) is 10.3. The second-order valence-electron chi connectivity index (χ2n) is 6.48. The summed E-state index contributed by atoms with van der Waals surface area (Å²) in [5.41, 5.74) is 1.75. The Balaban J connectivity index is 1.41. The third-order valence-corrected chi connectivity index (χ3v) is 5.39. The van der Waals surface area contributed by atoms with Crippen LogP contribution in [0.2, 0.25) is 0 Å². The summed E-state index contributed by atoms with van der Waals surface area (Å²) >= 11 is 1.63. The third kappa shape index (κ3) is 4.37. The standard InChI is InChI=1S/C21H19FN2O4S/c1-29-17-5-2-14(3-6-17)18-7-4-15(12-19(18)22)24-13-16(28-21(24)25)8-10-26-20-9-11-27-23-20/h2-7,9,11-12,16H,8,10,13H2,1H3/t16-/m0/s1. The van der Waals surface area contributed by atoms with Gasteiger partial charge < -0.3 is 14.0 Å².